The third-order valence-corrected chi connectivity index (χ3v) is 4.62. The molecule has 0 saturated carbocycles. The van der Waals surface area contributed by atoms with Gasteiger partial charge in [-0.25, -0.2) is 4.39 Å². The fraction of sp³-hybridized carbons (Fsp3) is 0.0714. The van der Waals surface area contributed by atoms with Crippen LogP contribution in [0.5, 0.6) is 0 Å². The molecule has 6 heteroatoms. The van der Waals surface area contributed by atoms with Crippen molar-refractivity contribution in [3.63, 3.8) is 0 Å². The van der Waals surface area contributed by atoms with E-state index in [0.717, 1.165) is 6.07 Å². The highest BCUT2D eigenvalue weighted by molar-refractivity contribution is 7.84. The summed E-state index contributed by atoms with van der Waals surface area (Å²) in [5.41, 5.74) is 0.658. The summed E-state index contributed by atoms with van der Waals surface area (Å²) in [6.45, 7) is 0. The van der Waals surface area contributed by atoms with Crippen LogP contribution in [0.25, 0.3) is 0 Å². The van der Waals surface area contributed by atoms with Crippen molar-refractivity contribution in [3.8, 4) is 6.07 Å². The van der Waals surface area contributed by atoms with Gasteiger partial charge in [0, 0.05) is 5.02 Å². The molecule has 0 saturated heterocycles. The van der Waals surface area contributed by atoms with Crippen molar-refractivity contribution in [3.05, 3.63) is 63.4 Å². The first-order chi connectivity index (χ1) is 9.49. The van der Waals surface area contributed by atoms with E-state index in [1.54, 1.807) is 12.1 Å². The molecule has 20 heavy (non-hydrogen) atoms. The van der Waals surface area contributed by atoms with Gasteiger partial charge in [0.1, 0.15) is 5.82 Å². The Labute approximate surface area is 128 Å². The summed E-state index contributed by atoms with van der Waals surface area (Å²) in [7, 11) is -1.47. The van der Waals surface area contributed by atoms with Gasteiger partial charge in [-0.1, -0.05) is 23.2 Å². The largest absolute Gasteiger partial charge is 0.254 e. The molecule has 2 nitrogen and oxygen atoms in total. The van der Waals surface area contributed by atoms with Crippen LogP contribution in [0.15, 0.2) is 41.3 Å². The lowest BCUT2D eigenvalue weighted by molar-refractivity contribution is 0.625. The number of benzene rings is 2. The molecule has 0 aliphatic rings. The van der Waals surface area contributed by atoms with Gasteiger partial charge in [-0.05, 0) is 42.0 Å². The smallest absolute Gasteiger partial charge is 0.124 e. The maximum atomic E-state index is 13.3. The van der Waals surface area contributed by atoms with Gasteiger partial charge in [0.2, 0.25) is 0 Å². The highest BCUT2D eigenvalue weighted by Gasteiger charge is 2.11. The van der Waals surface area contributed by atoms with E-state index in [9.17, 15) is 8.60 Å². The van der Waals surface area contributed by atoms with Crippen LogP contribution in [-0.2, 0) is 16.6 Å². The van der Waals surface area contributed by atoms with Crippen LogP contribution < -0.4 is 0 Å². The van der Waals surface area contributed by atoms with Gasteiger partial charge in [0.05, 0.1) is 38.1 Å². The van der Waals surface area contributed by atoms with E-state index >= 15 is 0 Å². The number of halogens is 3. The zero-order valence-electron chi connectivity index (χ0n) is 10.1. The Hall–Kier alpha value is -1.41. The Bertz CT molecular complexity index is 728. The second-order valence-corrected chi connectivity index (χ2v) is 6.29. The molecule has 0 aromatic heterocycles. The lowest BCUT2D eigenvalue weighted by Crippen LogP contribution is -1.99. The van der Waals surface area contributed by atoms with Crippen molar-refractivity contribution in [2.24, 2.45) is 0 Å². The van der Waals surface area contributed by atoms with E-state index < -0.39 is 16.6 Å². The van der Waals surface area contributed by atoms with Gasteiger partial charge in [-0.15, -0.1) is 0 Å². The zero-order valence-corrected chi connectivity index (χ0v) is 12.4. The molecule has 0 aliphatic heterocycles. The van der Waals surface area contributed by atoms with Gasteiger partial charge >= 0.3 is 0 Å². The van der Waals surface area contributed by atoms with Crippen LogP contribution in [0.1, 0.15) is 11.1 Å². The van der Waals surface area contributed by atoms with Gasteiger partial charge in [0.25, 0.3) is 0 Å². The third-order valence-electron chi connectivity index (χ3n) is 2.52. The van der Waals surface area contributed by atoms with E-state index in [1.165, 1.54) is 18.2 Å². The number of hydrogen-bond donors (Lipinski definition) is 0. The van der Waals surface area contributed by atoms with Crippen molar-refractivity contribution in [2.75, 3.05) is 0 Å². The molecule has 0 N–H and O–H groups in total. The summed E-state index contributed by atoms with van der Waals surface area (Å²) < 4.78 is 25.6. The first-order valence-corrected chi connectivity index (χ1v) is 7.60. The highest BCUT2D eigenvalue weighted by Crippen LogP contribution is 2.25. The van der Waals surface area contributed by atoms with Gasteiger partial charge in [0.15, 0.2) is 0 Å². The molecule has 1 unspecified atom stereocenters. The second kappa shape index (κ2) is 6.36. The van der Waals surface area contributed by atoms with Crippen LogP contribution >= 0.6 is 23.2 Å². The summed E-state index contributed by atoms with van der Waals surface area (Å²) in [5.74, 6) is -0.472. The summed E-state index contributed by atoms with van der Waals surface area (Å²) in [4.78, 5) is 0.391. The highest BCUT2D eigenvalue weighted by atomic mass is 35.5. The van der Waals surface area contributed by atoms with Crippen LogP contribution in [0.2, 0.25) is 10.0 Å². The van der Waals surface area contributed by atoms with Crippen LogP contribution in [0, 0.1) is 17.1 Å². The Morgan fingerprint density at radius 1 is 1.20 bits per heavy atom. The van der Waals surface area contributed by atoms with E-state index in [0.29, 0.717) is 20.5 Å². The van der Waals surface area contributed by atoms with Crippen molar-refractivity contribution >= 4 is 34.0 Å². The predicted octanol–water partition coefficient (Wildman–Crippen LogP) is 4.31. The van der Waals surface area contributed by atoms with Crippen LogP contribution in [0.4, 0.5) is 4.39 Å². The number of rotatable bonds is 3. The third kappa shape index (κ3) is 3.57. The van der Waals surface area contributed by atoms with E-state index in [2.05, 4.69) is 0 Å². The molecule has 1 atom stereocenters. The normalized spacial score (nSPS) is 11.9. The van der Waals surface area contributed by atoms with Crippen molar-refractivity contribution < 1.29 is 8.60 Å². The molecule has 2 aromatic rings. The minimum absolute atomic E-state index is 0.0620. The van der Waals surface area contributed by atoms with Crippen molar-refractivity contribution in [1.82, 2.24) is 0 Å². The van der Waals surface area contributed by atoms with Crippen molar-refractivity contribution in [2.45, 2.75) is 10.6 Å². The van der Waals surface area contributed by atoms with Crippen LogP contribution in [0.3, 0.4) is 0 Å². The lowest BCUT2D eigenvalue weighted by Gasteiger charge is -2.06. The van der Waals surface area contributed by atoms with E-state index in [1.807, 2.05) is 6.07 Å². The van der Waals surface area contributed by atoms with Gasteiger partial charge in [-0.3, -0.25) is 4.21 Å². The molecule has 2 aromatic carbocycles. The molecular formula is C14H8Cl2FNOS. The summed E-state index contributed by atoms with van der Waals surface area (Å²) in [6, 6.07) is 10.4. The van der Waals surface area contributed by atoms with E-state index in [-0.39, 0.29) is 11.3 Å². The Morgan fingerprint density at radius 2 is 1.95 bits per heavy atom. The molecule has 0 amide bonds. The van der Waals surface area contributed by atoms with Gasteiger partial charge < -0.3 is 0 Å². The average molecular weight is 328 g/mol. The first-order valence-electron chi connectivity index (χ1n) is 5.52. The fourth-order valence-corrected chi connectivity index (χ4v) is 3.46. The predicted molar refractivity (Wildman–Crippen MR) is 77.7 cm³/mol. The molecule has 102 valence electrons. The number of nitrogens with zero attached hydrogens (tertiary/aromatic N) is 1. The Morgan fingerprint density at radius 3 is 2.65 bits per heavy atom. The Balaban J connectivity index is 2.30. The Kier molecular flexibility index (Phi) is 4.77. The van der Waals surface area contributed by atoms with Crippen LogP contribution in [-0.4, -0.2) is 4.21 Å². The topological polar surface area (TPSA) is 40.9 Å². The fourth-order valence-electron chi connectivity index (χ4n) is 1.68. The average Bonchev–Trinajstić information content (AvgIpc) is 2.40. The minimum Gasteiger partial charge on any atom is -0.254 e. The first kappa shape index (κ1) is 15.0. The lowest BCUT2D eigenvalue weighted by atomic mass is 10.1. The maximum absolute atomic E-state index is 13.3. The zero-order chi connectivity index (χ0) is 14.7. The van der Waals surface area contributed by atoms with E-state index in [4.69, 9.17) is 28.5 Å². The number of nitriles is 1. The quantitative estimate of drug-likeness (QED) is 0.842. The molecule has 0 radical (unpaired) electrons. The molecule has 0 aliphatic carbocycles. The summed E-state index contributed by atoms with van der Waals surface area (Å²) in [6.07, 6.45) is 0. The maximum Gasteiger partial charge on any atom is 0.124 e. The SMILES string of the molecule is N#Cc1cc(F)cc(CS(=O)c2cc(Cl)ccc2Cl)c1. The summed E-state index contributed by atoms with van der Waals surface area (Å²) >= 11 is 11.8. The molecule has 0 bridgehead atoms. The molecule has 0 spiro atoms. The second-order valence-electron chi connectivity index (χ2n) is 4.02. The molecular weight excluding hydrogens is 320 g/mol. The minimum atomic E-state index is -1.47. The molecule has 2 rings (SSSR count). The molecule has 0 heterocycles. The monoisotopic (exact) mass is 327 g/mol. The molecule has 0 fully saturated rings. The van der Waals surface area contributed by atoms with Gasteiger partial charge in [-0.2, -0.15) is 5.26 Å². The number of hydrogen-bond acceptors (Lipinski definition) is 2. The van der Waals surface area contributed by atoms with Crippen molar-refractivity contribution in [1.29, 1.82) is 5.26 Å². The summed E-state index contributed by atoms with van der Waals surface area (Å²) in [5, 5.41) is 9.55. The standard InChI is InChI=1S/C14H8Cl2FNOS/c15-11-1-2-13(16)14(6-11)20(19)8-10-3-9(7-18)4-12(17)5-10/h1-6H,8H2.